The van der Waals surface area contributed by atoms with Gasteiger partial charge in [0, 0.05) is 32.7 Å². The summed E-state index contributed by atoms with van der Waals surface area (Å²) in [6.07, 6.45) is 0. The average molecular weight is 264 g/mol. The molecular formula is C16H28N2O. The van der Waals surface area contributed by atoms with E-state index in [1.807, 2.05) is 19.9 Å². The average Bonchev–Trinajstić information content (AvgIpc) is 2.50. The van der Waals surface area contributed by atoms with Crippen LogP contribution >= 0.6 is 0 Å². The molecule has 0 aromatic heterocycles. The lowest BCUT2D eigenvalue weighted by molar-refractivity contribution is 0.132. The summed E-state index contributed by atoms with van der Waals surface area (Å²) in [6, 6.07) is 8.37. The molecule has 1 aliphatic heterocycles. The van der Waals surface area contributed by atoms with E-state index in [0.29, 0.717) is 0 Å². The minimum absolute atomic E-state index is 0.953. The lowest BCUT2D eigenvalue weighted by Crippen LogP contribution is -2.45. The number of hydrogen-bond donors (Lipinski definition) is 0. The van der Waals surface area contributed by atoms with Crippen LogP contribution in [0.3, 0.4) is 0 Å². The standard InChI is InChI=1S/C14H22N2O.C2H6/c1-3-15-7-9-16(10-8-15)12-13-5-4-6-14(11-13)17-2;1-2/h4-6,11H,3,7-10,12H2,1-2H3;1-2H3. The first-order valence-electron chi connectivity index (χ1n) is 7.39. The zero-order valence-corrected chi connectivity index (χ0v) is 12.9. The van der Waals surface area contributed by atoms with Gasteiger partial charge in [0.05, 0.1) is 7.11 Å². The Balaban J connectivity index is 0.000000861. The third kappa shape index (κ3) is 5.21. The second-order valence-corrected chi connectivity index (χ2v) is 4.56. The van der Waals surface area contributed by atoms with E-state index in [1.54, 1.807) is 7.11 Å². The highest BCUT2D eigenvalue weighted by Gasteiger charge is 2.15. The summed E-state index contributed by atoms with van der Waals surface area (Å²) >= 11 is 0. The van der Waals surface area contributed by atoms with Crippen LogP contribution in [0.5, 0.6) is 5.75 Å². The molecule has 0 spiro atoms. The molecule has 108 valence electrons. The molecule has 1 fully saturated rings. The summed E-state index contributed by atoms with van der Waals surface area (Å²) in [7, 11) is 1.72. The maximum absolute atomic E-state index is 5.25. The van der Waals surface area contributed by atoms with Gasteiger partial charge >= 0.3 is 0 Å². The van der Waals surface area contributed by atoms with Crippen molar-refractivity contribution in [1.82, 2.24) is 9.80 Å². The molecule has 0 radical (unpaired) electrons. The van der Waals surface area contributed by atoms with Gasteiger partial charge in [-0.05, 0) is 24.2 Å². The Morgan fingerprint density at radius 2 is 1.68 bits per heavy atom. The predicted octanol–water partition coefficient (Wildman–Crippen LogP) is 2.86. The number of methoxy groups -OCH3 is 1. The Bertz CT molecular complexity index is 346. The molecule has 0 bridgehead atoms. The van der Waals surface area contributed by atoms with Crippen molar-refractivity contribution in [3.63, 3.8) is 0 Å². The fourth-order valence-electron chi connectivity index (χ4n) is 2.29. The highest BCUT2D eigenvalue weighted by Crippen LogP contribution is 2.15. The third-order valence-corrected chi connectivity index (χ3v) is 3.45. The van der Waals surface area contributed by atoms with Crippen molar-refractivity contribution in [2.75, 3.05) is 39.8 Å². The van der Waals surface area contributed by atoms with Gasteiger partial charge in [-0.3, -0.25) is 4.90 Å². The molecule has 1 aliphatic rings. The van der Waals surface area contributed by atoms with Crippen LogP contribution in [0.1, 0.15) is 26.3 Å². The molecular weight excluding hydrogens is 236 g/mol. The summed E-state index contributed by atoms with van der Waals surface area (Å²) in [5.74, 6) is 0.953. The molecule has 0 unspecified atom stereocenters. The van der Waals surface area contributed by atoms with Crippen LogP contribution in [-0.4, -0.2) is 49.6 Å². The molecule has 3 heteroatoms. The van der Waals surface area contributed by atoms with Crippen LogP contribution in [0.15, 0.2) is 24.3 Å². The minimum Gasteiger partial charge on any atom is -0.497 e. The minimum atomic E-state index is 0.953. The maximum Gasteiger partial charge on any atom is 0.119 e. The van der Waals surface area contributed by atoms with Crippen LogP contribution in [0.25, 0.3) is 0 Å². The van der Waals surface area contributed by atoms with E-state index in [9.17, 15) is 0 Å². The van der Waals surface area contributed by atoms with Gasteiger partial charge in [0.2, 0.25) is 0 Å². The third-order valence-electron chi connectivity index (χ3n) is 3.45. The predicted molar refractivity (Wildman–Crippen MR) is 81.7 cm³/mol. The van der Waals surface area contributed by atoms with E-state index in [0.717, 1.165) is 12.3 Å². The summed E-state index contributed by atoms with van der Waals surface area (Å²) in [6.45, 7) is 13.2. The number of piperazine rings is 1. The van der Waals surface area contributed by atoms with Gasteiger partial charge in [-0.1, -0.05) is 32.9 Å². The molecule has 1 aromatic carbocycles. The molecule has 3 nitrogen and oxygen atoms in total. The summed E-state index contributed by atoms with van der Waals surface area (Å²) < 4.78 is 5.25. The van der Waals surface area contributed by atoms with Crippen LogP contribution in [-0.2, 0) is 6.54 Å². The number of likely N-dealkylation sites (N-methyl/N-ethyl adjacent to an activating group) is 1. The Morgan fingerprint density at radius 1 is 1.05 bits per heavy atom. The molecule has 19 heavy (non-hydrogen) atoms. The fraction of sp³-hybridized carbons (Fsp3) is 0.625. The summed E-state index contributed by atoms with van der Waals surface area (Å²) in [4.78, 5) is 5.02. The van der Waals surface area contributed by atoms with Crippen LogP contribution in [0, 0.1) is 0 Å². The molecule has 1 heterocycles. The van der Waals surface area contributed by atoms with Gasteiger partial charge in [0.15, 0.2) is 0 Å². The summed E-state index contributed by atoms with van der Waals surface area (Å²) in [5.41, 5.74) is 1.34. The summed E-state index contributed by atoms with van der Waals surface area (Å²) in [5, 5.41) is 0. The van der Waals surface area contributed by atoms with Crippen LogP contribution < -0.4 is 4.74 Å². The van der Waals surface area contributed by atoms with Gasteiger partial charge < -0.3 is 9.64 Å². The van der Waals surface area contributed by atoms with E-state index >= 15 is 0 Å². The lowest BCUT2D eigenvalue weighted by Gasteiger charge is -2.34. The van der Waals surface area contributed by atoms with Gasteiger partial charge in [0.25, 0.3) is 0 Å². The number of hydrogen-bond acceptors (Lipinski definition) is 3. The highest BCUT2D eigenvalue weighted by molar-refractivity contribution is 5.28. The van der Waals surface area contributed by atoms with Crippen molar-refractivity contribution < 1.29 is 4.74 Å². The van der Waals surface area contributed by atoms with Crippen molar-refractivity contribution in [3.05, 3.63) is 29.8 Å². The number of nitrogens with zero attached hydrogens (tertiary/aromatic N) is 2. The number of benzene rings is 1. The quantitative estimate of drug-likeness (QED) is 0.831. The van der Waals surface area contributed by atoms with Crippen molar-refractivity contribution in [2.45, 2.75) is 27.3 Å². The first-order valence-corrected chi connectivity index (χ1v) is 7.39. The monoisotopic (exact) mass is 264 g/mol. The van der Waals surface area contributed by atoms with Gasteiger partial charge in [0.1, 0.15) is 5.75 Å². The smallest absolute Gasteiger partial charge is 0.119 e. The van der Waals surface area contributed by atoms with E-state index < -0.39 is 0 Å². The second kappa shape index (κ2) is 8.94. The molecule has 2 rings (SSSR count). The first kappa shape index (κ1) is 16.0. The zero-order chi connectivity index (χ0) is 14.1. The molecule has 0 atom stereocenters. The lowest BCUT2D eigenvalue weighted by atomic mass is 10.2. The normalized spacial score (nSPS) is 16.6. The SMILES string of the molecule is CC.CCN1CCN(Cc2cccc(OC)c2)CC1. The number of ether oxygens (including phenoxy) is 1. The van der Waals surface area contributed by atoms with E-state index in [4.69, 9.17) is 4.74 Å². The van der Waals surface area contributed by atoms with Crippen molar-refractivity contribution in [3.8, 4) is 5.75 Å². The fourth-order valence-corrected chi connectivity index (χ4v) is 2.29. The maximum atomic E-state index is 5.25. The first-order chi connectivity index (χ1) is 9.31. The molecule has 0 aliphatic carbocycles. The van der Waals surface area contributed by atoms with Gasteiger partial charge in [-0.15, -0.1) is 0 Å². The molecule has 1 saturated heterocycles. The number of rotatable bonds is 4. The highest BCUT2D eigenvalue weighted by atomic mass is 16.5. The molecule has 1 aromatic rings. The molecule has 0 amide bonds. The van der Waals surface area contributed by atoms with Crippen molar-refractivity contribution >= 4 is 0 Å². The van der Waals surface area contributed by atoms with Crippen molar-refractivity contribution in [1.29, 1.82) is 0 Å². The topological polar surface area (TPSA) is 15.7 Å². The zero-order valence-electron chi connectivity index (χ0n) is 12.9. The molecule has 0 saturated carbocycles. The molecule has 0 N–H and O–H groups in total. The Hall–Kier alpha value is -1.06. The van der Waals surface area contributed by atoms with Gasteiger partial charge in [-0.2, -0.15) is 0 Å². The van der Waals surface area contributed by atoms with Gasteiger partial charge in [-0.25, -0.2) is 0 Å². The van der Waals surface area contributed by atoms with Crippen LogP contribution in [0.2, 0.25) is 0 Å². The Kier molecular flexibility index (Phi) is 7.53. The van der Waals surface area contributed by atoms with E-state index in [1.165, 1.54) is 38.3 Å². The Morgan fingerprint density at radius 3 is 2.26 bits per heavy atom. The van der Waals surface area contributed by atoms with E-state index in [-0.39, 0.29) is 0 Å². The second-order valence-electron chi connectivity index (χ2n) is 4.56. The van der Waals surface area contributed by atoms with E-state index in [2.05, 4.69) is 34.9 Å². The largest absolute Gasteiger partial charge is 0.497 e. The van der Waals surface area contributed by atoms with Crippen LogP contribution in [0.4, 0.5) is 0 Å². The van der Waals surface area contributed by atoms with Crippen molar-refractivity contribution in [2.24, 2.45) is 0 Å². The Labute approximate surface area is 118 Å².